The largest absolute Gasteiger partial charge is 0.444 e. The normalized spacial score (nSPS) is 11.5. The van der Waals surface area contributed by atoms with E-state index in [1.165, 1.54) is 0 Å². The second-order valence-corrected chi connectivity index (χ2v) is 8.22. The minimum absolute atomic E-state index is 0.0514. The van der Waals surface area contributed by atoms with Crippen LogP contribution in [-0.4, -0.2) is 35.6 Å². The van der Waals surface area contributed by atoms with E-state index in [4.69, 9.17) is 4.74 Å². The summed E-state index contributed by atoms with van der Waals surface area (Å²) >= 11 is 0. The summed E-state index contributed by atoms with van der Waals surface area (Å²) in [5.74, 6) is -0.407. The number of nitro groups is 1. The number of benzene rings is 2. The standard InChI is InChI=1S/C22H25F3N4O5/c1-21(2,3)34-20(31)28-13-14-4-6-15(7-5-14)19(30)27-11-10-26-17-9-8-16(22(23,24)25)12-18(17)29(32)33/h4-9,12,26H,10-11,13H2,1-3H3,(H,27,30)(H,28,31). The van der Waals surface area contributed by atoms with Crippen molar-refractivity contribution in [2.75, 3.05) is 18.4 Å². The van der Waals surface area contributed by atoms with Gasteiger partial charge in [0.15, 0.2) is 0 Å². The topological polar surface area (TPSA) is 123 Å². The van der Waals surface area contributed by atoms with Crippen molar-refractivity contribution in [2.45, 2.75) is 39.1 Å². The molecule has 9 nitrogen and oxygen atoms in total. The Hall–Kier alpha value is -3.83. The smallest absolute Gasteiger partial charge is 0.416 e. The van der Waals surface area contributed by atoms with Crippen molar-refractivity contribution in [2.24, 2.45) is 0 Å². The Kier molecular flexibility index (Phi) is 8.44. The van der Waals surface area contributed by atoms with Crippen LogP contribution in [0.5, 0.6) is 0 Å². The lowest BCUT2D eigenvalue weighted by molar-refractivity contribution is -0.384. The fourth-order valence-corrected chi connectivity index (χ4v) is 2.75. The van der Waals surface area contributed by atoms with Gasteiger partial charge in [0.1, 0.15) is 11.3 Å². The number of nitro benzene ring substituents is 1. The minimum Gasteiger partial charge on any atom is -0.444 e. The number of carbonyl (C=O) groups is 2. The first-order chi connectivity index (χ1) is 15.8. The average molecular weight is 482 g/mol. The molecule has 0 aliphatic heterocycles. The molecule has 0 heterocycles. The Balaban J connectivity index is 1.84. The van der Waals surface area contributed by atoms with Crippen LogP contribution in [0.1, 0.15) is 42.3 Å². The number of nitrogens with one attached hydrogen (secondary N) is 3. The molecule has 2 amide bonds. The highest BCUT2D eigenvalue weighted by molar-refractivity contribution is 5.94. The monoisotopic (exact) mass is 482 g/mol. The molecule has 0 aromatic heterocycles. The van der Waals surface area contributed by atoms with E-state index >= 15 is 0 Å². The molecule has 12 heteroatoms. The van der Waals surface area contributed by atoms with Crippen LogP contribution in [0.3, 0.4) is 0 Å². The molecule has 2 rings (SSSR count). The van der Waals surface area contributed by atoms with Crippen molar-refractivity contribution >= 4 is 23.4 Å². The summed E-state index contributed by atoms with van der Waals surface area (Å²) in [6, 6.07) is 8.64. The summed E-state index contributed by atoms with van der Waals surface area (Å²) < 4.78 is 43.4. The molecule has 2 aromatic rings. The molecule has 184 valence electrons. The third-order valence-electron chi connectivity index (χ3n) is 4.30. The fraction of sp³-hybridized carbons (Fsp3) is 0.364. The molecule has 3 N–H and O–H groups in total. The SMILES string of the molecule is CC(C)(C)OC(=O)NCc1ccc(C(=O)NCCNc2ccc(C(F)(F)F)cc2[N+](=O)[O-])cc1. The van der Waals surface area contributed by atoms with Crippen LogP contribution < -0.4 is 16.0 Å². The average Bonchev–Trinajstić information content (AvgIpc) is 2.73. The molecule has 0 saturated carbocycles. The first kappa shape index (κ1) is 26.4. The number of amides is 2. The van der Waals surface area contributed by atoms with Gasteiger partial charge in [0.2, 0.25) is 0 Å². The molecule has 0 saturated heterocycles. The fourth-order valence-electron chi connectivity index (χ4n) is 2.75. The third-order valence-corrected chi connectivity index (χ3v) is 4.30. The molecular formula is C22H25F3N4O5. The third kappa shape index (κ3) is 8.26. The van der Waals surface area contributed by atoms with Crippen molar-refractivity contribution in [3.63, 3.8) is 0 Å². The van der Waals surface area contributed by atoms with Crippen molar-refractivity contribution in [1.29, 1.82) is 0 Å². The Labute approximate surface area is 193 Å². The van der Waals surface area contributed by atoms with E-state index in [0.29, 0.717) is 11.6 Å². The van der Waals surface area contributed by atoms with Crippen molar-refractivity contribution in [3.05, 3.63) is 69.3 Å². The number of hydrogen-bond acceptors (Lipinski definition) is 6. The zero-order chi connectivity index (χ0) is 25.5. The van der Waals surface area contributed by atoms with Gasteiger partial charge < -0.3 is 20.7 Å². The molecule has 0 spiro atoms. The maximum absolute atomic E-state index is 12.8. The van der Waals surface area contributed by atoms with Gasteiger partial charge in [-0.2, -0.15) is 13.2 Å². The van der Waals surface area contributed by atoms with Crippen molar-refractivity contribution in [3.8, 4) is 0 Å². The first-order valence-electron chi connectivity index (χ1n) is 10.2. The highest BCUT2D eigenvalue weighted by Gasteiger charge is 2.33. The van der Waals surface area contributed by atoms with Crippen LogP contribution in [-0.2, 0) is 17.5 Å². The van der Waals surface area contributed by atoms with Crippen LogP contribution >= 0.6 is 0 Å². The second-order valence-electron chi connectivity index (χ2n) is 8.22. The van der Waals surface area contributed by atoms with Gasteiger partial charge in [0.05, 0.1) is 10.5 Å². The predicted octanol–water partition coefficient (Wildman–Crippen LogP) is 4.48. The molecule has 0 atom stereocenters. The number of alkyl halides is 3. The second kappa shape index (κ2) is 10.9. The van der Waals surface area contributed by atoms with Crippen LogP contribution in [0.4, 0.5) is 29.3 Å². The van der Waals surface area contributed by atoms with Crippen LogP contribution in [0.25, 0.3) is 0 Å². The Morgan fingerprint density at radius 2 is 1.65 bits per heavy atom. The number of carbonyl (C=O) groups excluding carboxylic acids is 2. The van der Waals surface area contributed by atoms with Gasteiger partial charge >= 0.3 is 12.3 Å². The summed E-state index contributed by atoms with van der Waals surface area (Å²) in [6.45, 7) is 5.59. The molecule has 34 heavy (non-hydrogen) atoms. The van der Waals surface area contributed by atoms with Crippen molar-refractivity contribution in [1.82, 2.24) is 10.6 Å². The van der Waals surface area contributed by atoms with Crippen LogP contribution in [0, 0.1) is 10.1 Å². The number of halogens is 3. The molecule has 0 unspecified atom stereocenters. The number of hydrogen-bond donors (Lipinski definition) is 3. The predicted molar refractivity (Wildman–Crippen MR) is 118 cm³/mol. The Morgan fingerprint density at radius 1 is 1.00 bits per heavy atom. The Bertz CT molecular complexity index is 1030. The van der Waals surface area contributed by atoms with Gasteiger partial charge in [-0.05, 0) is 50.6 Å². The summed E-state index contributed by atoms with van der Waals surface area (Å²) in [6.07, 6.45) is -5.26. The van der Waals surface area contributed by atoms with E-state index in [-0.39, 0.29) is 25.3 Å². The summed E-state index contributed by atoms with van der Waals surface area (Å²) in [5.41, 5.74) is -1.44. The lowest BCUT2D eigenvalue weighted by Crippen LogP contribution is -2.32. The molecule has 0 radical (unpaired) electrons. The van der Waals surface area contributed by atoms with Gasteiger partial charge in [0.25, 0.3) is 11.6 Å². The molecule has 0 fully saturated rings. The maximum atomic E-state index is 12.8. The van der Waals surface area contributed by atoms with Crippen LogP contribution in [0.15, 0.2) is 42.5 Å². The first-order valence-corrected chi connectivity index (χ1v) is 10.2. The van der Waals surface area contributed by atoms with E-state index in [0.717, 1.165) is 17.7 Å². The molecule has 0 bridgehead atoms. The summed E-state index contributed by atoms with van der Waals surface area (Å²) in [5, 5.41) is 19.0. The number of nitrogens with zero attached hydrogens (tertiary/aromatic N) is 1. The van der Waals surface area contributed by atoms with E-state index in [2.05, 4.69) is 16.0 Å². The number of rotatable bonds is 8. The summed E-state index contributed by atoms with van der Waals surface area (Å²) in [4.78, 5) is 34.1. The van der Waals surface area contributed by atoms with E-state index in [1.54, 1.807) is 45.0 Å². The van der Waals surface area contributed by atoms with E-state index in [9.17, 15) is 32.9 Å². The van der Waals surface area contributed by atoms with Gasteiger partial charge in [-0.3, -0.25) is 14.9 Å². The highest BCUT2D eigenvalue weighted by atomic mass is 19.4. The quantitative estimate of drug-likeness (QED) is 0.290. The highest BCUT2D eigenvalue weighted by Crippen LogP contribution is 2.34. The van der Waals surface area contributed by atoms with Gasteiger partial charge in [-0.15, -0.1) is 0 Å². The molecule has 0 aliphatic rings. The Morgan fingerprint density at radius 3 is 2.21 bits per heavy atom. The lowest BCUT2D eigenvalue weighted by atomic mass is 10.1. The molecular weight excluding hydrogens is 457 g/mol. The molecule has 0 aliphatic carbocycles. The minimum atomic E-state index is -4.70. The molecule has 2 aromatic carbocycles. The van der Waals surface area contributed by atoms with Gasteiger partial charge in [-0.1, -0.05) is 12.1 Å². The maximum Gasteiger partial charge on any atom is 0.416 e. The van der Waals surface area contributed by atoms with Gasteiger partial charge in [-0.25, -0.2) is 4.79 Å². The van der Waals surface area contributed by atoms with Gasteiger partial charge in [0, 0.05) is 31.3 Å². The zero-order valence-electron chi connectivity index (χ0n) is 18.8. The number of alkyl carbamates (subject to hydrolysis) is 1. The summed E-state index contributed by atoms with van der Waals surface area (Å²) in [7, 11) is 0. The van der Waals surface area contributed by atoms with E-state index in [1.807, 2.05) is 0 Å². The van der Waals surface area contributed by atoms with Crippen molar-refractivity contribution < 1.29 is 32.4 Å². The number of ether oxygens (including phenoxy) is 1. The van der Waals surface area contributed by atoms with Crippen LogP contribution in [0.2, 0.25) is 0 Å². The zero-order valence-corrected chi connectivity index (χ0v) is 18.8. The van der Waals surface area contributed by atoms with E-state index < -0.39 is 40.0 Å². The lowest BCUT2D eigenvalue weighted by Gasteiger charge is -2.19. The number of anilines is 1.